The third-order valence-corrected chi connectivity index (χ3v) is 4.15. The van der Waals surface area contributed by atoms with Gasteiger partial charge >= 0.3 is 0 Å². The molecular weight excluding hydrogens is 180 g/mol. The molecule has 0 rings (SSSR count). The van der Waals surface area contributed by atoms with Gasteiger partial charge in [0, 0.05) is 0 Å². The molecule has 15 heavy (non-hydrogen) atoms. The van der Waals surface area contributed by atoms with Gasteiger partial charge in [-0.2, -0.15) is 0 Å². The highest BCUT2D eigenvalue weighted by Crippen LogP contribution is 2.33. The van der Waals surface area contributed by atoms with Crippen molar-refractivity contribution in [1.82, 2.24) is 0 Å². The smallest absolute Gasteiger partial charge is 0.0357 e. The average Bonchev–Trinajstić information content (AvgIpc) is 2.01. The van der Waals surface area contributed by atoms with Crippen LogP contribution in [0.1, 0.15) is 68.2 Å². The second-order valence-corrected chi connectivity index (χ2v) is 7.06. The number of rotatable bonds is 5. The zero-order valence-corrected chi connectivity index (χ0v) is 12.2. The molecule has 92 valence electrons. The minimum absolute atomic E-state index is 0.468. The third-order valence-electron chi connectivity index (χ3n) is 4.15. The van der Waals surface area contributed by atoms with Crippen LogP contribution in [-0.2, 0) is 0 Å². The zero-order valence-electron chi connectivity index (χ0n) is 12.2. The lowest BCUT2D eigenvalue weighted by atomic mass is 9.75. The van der Waals surface area contributed by atoms with Crippen LogP contribution in [0.5, 0.6) is 0 Å². The molecule has 0 aliphatic rings. The maximum Gasteiger partial charge on any atom is -0.0357 e. The summed E-state index contributed by atoms with van der Waals surface area (Å²) in [4.78, 5) is 0. The second kappa shape index (κ2) is 5.92. The van der Waals surface area contributed by atoms with Gasteiger partial charge in [-0.15, -0.1) is 0 Å². The topological polar surface area (TPSA) is 0 Å². The summed E-state index contributed by atoms with van der Waals surface area (Å²) in [5.74, 6) is 3.40. The SMILES string of the molecule is CC(C)[C@@H](C)C[C@H](C)C[C@@H](C)C(C)(C)C. The predicted molar refractivity (Wildman–Crippen MR) is 71.0 cm³/mol. The Labute approximate surface area is 97.8 Å². The highest BCUT2D eigenvalue weighted by atomic mass is 14.3. The summed E-state index contributed by atoms with van der Waals surface area (Å²) in [5.41, 5.74) is 0.468. The fraction of sp³-hybridized carbons (Fsp3) is 1.00. The van der Waals surface area contributed by atoms with E-state index in [0.717, 1.165) is 23.7 Å². The van der Waals surface area contributed by atoms with E-state index in [1.807, 2.05) is 0 Å². The molecule has 0 spiro atoms. The molecule has 0 heteroatoms. The Morgan fingerprint density at radius 1 is 0.800 bits per heavy atom. The first-order valence-corrected chi connectivity index (χ1v) is 6.64. The lowest BCUT2D eigenvalue weighted by molar-refractivity contribution is 0.199. The van der Waals surface area contributed by atoms with Crippen molar-refractivity contribution in [3.63, 3.8) is 0 Å². The molecule has 0 aromatic rings. The number of hydrogen-bond acceptors (Lipinski definition) is 0. The van der Waals surface area contributed by atoms with Crippen LogP contribution < -0.4 is 0 Å². The summed E-state index contributed by atoms with van der Waals surface area (Å²) in [6.45, 7) is 19.0. The highest BCUT2D eigenvalue weighted by molar-refractivity contribution is 4.73. The Morgan fingerprint density at radius 3 is 1.60 bits per heavy atom. The Balaban J connectivity index is 3.99. The van der Waals surface area contributed by atoms with Crippen LogP contribution in [0.25, 0.3) is 0 Å². The fourth-order valence-electron chi connectivity index (χ4n) is 1.96. The summed E-state index contributed by atoms with van der Waals surface area (Å²) in [5, 5.41) is 0. The van der Waals surface area contributed by atoms with Crippen molar-refractivity contribution in [2.24, 2.45) is 29.1 Å². The molecule has 3 atom stereocenters. The quantitative estimate of drug-likeness (QED) is 0.574. The van der Waals surface area contributed by atoms with E-state index in [4.69, 9.17) is 0 Å². The second-order valence-electron chi connectivity index (χ2n) is 7.06. The predicted octanol–water partition coefficient (Wildman–Crippen LogP) is 5.38. The minimum atomic E-state index is 0.468. The zero-order chi connectivity index (χ0) is 12.2. The fourth-order valence-corrected chi connectivity index (χ4v) is 1.96. The molecular formula is C15H32. The van der Waals surface area contributed by atoms with E-state index in [2.05, 4.69) is 55.4 Å². The molecule has 0 N–H and O–H groups in total. The van der Waals surface area contributed by atoms with Crippen molar-refractivity contribution in [3.8, 4) is 0 Å². The molecule has 0 nitrogen and oxygen atoms in total. The average molecular weight is 212 g/mol. The largest absolute Gasteiger partial charge is 0.0625 e. The van der Waals surface area contributed by atoms with Gasteiger partial charge in [0.2, 0.25) is 0 Å². The van der Waals surface area contributed by atoms with E-state index in [0.29, 0.717) is 5.41 Å². The Kier molecular flexibility index (Phi) is 5.92. The van der Waals surface area contributed by atoms with Gasteiger partial charge in [0.15, 0.2) is 0 Å². The molecule has 0 radical (unpaired) electrons. The summed E-state index contributed by atoms with van der Waals surface area (Å²) in [7, 11) is 0. The van der Waals surface area contributed by atoms with Crippen molar-refractivity contribution < 1.29 is 0 Å². The molecule has 0 aliphatic heterocycles. The van der Waals surface area contributed by atoms with Crippen LogP contribution in [0.4, 0.5) is 0 Å². The van der Waals surface area contributed by atoms with E-state index in [-0.39, 0.29) is 0 Å². The van der Waals surface area contributed by atoms with Crippen LogP contribution in [0.3, 0.4) is 0 Å². The van der Waals surface area contributed by atoms with Gasteiger partial charge in [-0.05, 0) is 41.9 Å². The molecule has 0 unspecified atom stereocenters. The van der Waals surface area contributed by atoms with E-state index >= 15 is 0 Å². The van der Waals surface area contributed by atoms with Crippen molar-refractivity contribution >= 4 is 0 Å². The van der Waals surface area contributed by atoms with Crippen LogP contribution in [0.15, 0.2) is 0 Å². The summed E-state index contributed by atoms with van der Waals surface area (Å²) >= 11 is 0. The van der Waals surface area contributed by atoms with Crippen LogP contribution >= 0.6 is 0 Å². The summed E-state index contributed by atoms with van der Waals surface area (Å²) < 4.78 is 0. The highest BCUT2D eigenvalue weighted by Gasteiger charge is 2.22. The van der Waals surface area contributed by atoms with Gasteiger partial charge in [0.25, 0.3) is 0 Å². The van der Waals surface area contributed by atoms with Crippen LogP contribution in [0, 0.1) is 29.1 Å². The van der Waals surface area contributed by atoms with Gasteiger partial charge in [0.05, 0.1) is 0 Å². The van der Waals surface area contributed by atoms with E-state index in [9.17, 15) is 0 Å². The lowest BCUT2D eigenvalue weighted by Crippen LogP contribution is -2.21. The molecule has 0 saturated carbocycles. The first-order valence-electron chi connectivity index (χ1n) is 6.64. The van der Waals surface area contributed by atoms with Gasteiger partial charge in [-0.1, -0.05) is 55.4 Å². The molecule has 0 aliphatic carbocycles. The first-order chi connectivity index (χ1) is 6.64. The van der Waals surface area contributed by atoms with E-state index in [1.165, 1.54) is 12.8 Å². The standard InChI is InChI=1S/C15H32/c1-11(2)13(4)9-12(3)10-14(5)15(6,7)8/h11-14H,9-10H2,1-8H3/t12-,13-,14+/m0/s1. The maximum absolute atomic E-state index is 2.42. The van der Waals surface area contributed by atoms with Gasteiger partial charge in [0.1, 0.15) is 0 Å². The molecule has 0 amide bonds. The van der Waals surface area contributed by atoms with Gasteiger partial charge < -0.3 is 0 Å². The first kappa shape index (κ1) is 15.0. The molecule has 0 fully saturated rings. The van der Waals surface area contributed by atoms with Crippen LogP contribution in [-0.4, -0.2) is 0 Å². The molecule has 0 aromatic heterocycles. The summed E-state index contributed by atoms with van der Waals surface area (Å²) in [6.07, 6.45) is 2.76. The number of hydrogen-bond donors (Lipinski definition) is 0. The summed E-state index contributed by atoms with van der Waals surface area (Å²) in [6, 6.07) is 0. The Hall–Kier alpha value is 0. The lowest BCUT2D eigenvalue weighted by Gasteiger charge is -2.31. The molecule has 0 heterocycles. The van der Waals surface area contributed by atoms with Crippen molar-refractivity contribution in [3.05, 3.63) is 0 Å². The molecule has 0 aromatic carbocycles. The van der Waals surface area contributed by atoms with Crippen molar-refractivity contribution in [1.29, 1.82) is 0 Å². The van der Waals surface area contributed by atoms with Gasteiger partial charge in [-0.25, -0.2) is 0 Å². The van der Waals surface area contributed by atoms with E-state index in [1.54, 1.807) is 0 Å². The van der Waals surface area contributed by atoms with Crippen molar-refractivity contribution in [2.75, 3.05) is 0 Å². The van der Waals surface area contributed by atoms with E-state index < -0.39 is 0 Å². The molecule has 0 bridgehead atoms. The van der Waals surface area contributed by atoms with Crippen molar-refractivity contribution in [2.45, 2.75) is 68.2 Å². The molecule has 0 saturated heterocycles. The Bertz CT molecular complexity index is 161. The maximum atomic E-state index is 2.42. The Morgan fingerprint density at radius 2 is 1.27 bits per heavy atom. The van der Waals surface area contributed by atoms with Crippen LogP contribution in [0.2, 0.25) is 0 Å². The van der Waals surface area contributed by atoms with Gasteiger partial charge in [-0.3, -0.25) is 0 Å². The normalized spacial score (nSPS) is 19.0. The minimum Gasteiger partial charge on any atom is -0.0625 e. The third kappa shape index (κ3) is 6.22. The monoisotopic (exact) mass is 212 g/mol.